The van der Waals surface area contributed by atoms with Gasteiger partial charge < -0.3 is 0 Å². The van der Waals surface area contributed by atoms with Crippen LogP contribution in [0.5, 0.6) is 0 Å². The van der Waals surface area contributed by atoms with Crippen LogP contribution in [-0.4, -0.2) is 5.75 Å². The molecule has 0 unspecified atom stereocenters. The smallest absolute Gasteiger partial charge is 0.00767 e. The average Bonchev–Trinajstić information content (AvgIpc) is 1.37. The standard InChI is InChI=1S/C2H6NS/c1-2-4-3/h1-3H2. The molecule has 0 saturated heterocycles. The third-order valence-corrected chi connectivity index (χ3v) is 0.354. The van der Waals surface area contributed by atoms with Crippen LogP contribution in [0.15, 0.2) is 0 Å². The number of hydrogen-bond acceptors (Lipinski definition) is 2. The zero-order chi connectivity index (χ0) is 3.41. The minimum Gasteiger partial charge on any atom is -0.278 e. The lowest BCUT2D eigenvalue weighted by Crippen LogP contribution is -1.74. The molecular formula is C2H6NS. The first-order valence-electron chi connectivity index (χ1n) is 1.02. The normalized spacial score (nSPS) is 7.50. The summed E-state index contributed by atoms with van der Waals surface area (Å²) in [4.78, 5) is 0. The fourth-order valence-electron chi connectivity index (χ4n) is 0. The molecule has 0 aromatic rings. The fraction of sp³-hybridized carbons (Fsp3) is 0.500. The van der Waals surface area contributed by atoms with Gasteiger partial charge >= 0.3 is 0 Å². The van der Waals surface area contributed by atoms with Gasteiger partial charge in [0, 0.05) is 5.75 Å². The molecule has 25 valence electrons. The largest absolute Gasteiger partial charge is 0.278 e. The van der Waals surface area contributed by atoms with Crippen LogP contribution < -0.4 is 5.14 Å². The molecule has 0 aromatic heterocycles. The summed E-state index contributed by atoms with van der Waals surface area (Å²) in [6.45, 7) is 3.44. The lowest BCUT2D eigenvalue weighted by atomic mass is 11.0. The maximum atomic E-state index is 4.88. The molecule has 0 fully saturated rings. The van der Waals surface area contributed by atoms with Crippen LogP contribution in [0.1, 0.15) is 0 Å². The van der Waals surface area contributed by atoms with Crippen LogP contribution in [0, 0.1) is 6.92 Å². The molecule has 0 aliphatic carbocycles. The lowest BCUT2D eigenvalue weighted by Gasteiger charge is -1.70. The van der Waals surface area contributed by atoms with Crippen molar-refractivity contribution in [3.05, 3.63) is 6.92 Å². The van der Waals surface area contributed by atoms with E-state index in [0.717, 1.165) is 5.75 Å². The van der Waals surface area contributed by atoms with Crippen molar-refractivity contribution in [2.24, 2.45) is 5.14 Å². The van der Waals surface area contributed by atoms with E-state index in [-0.39, 0.29) is 0 Å². The lowest BCUT2D eigenvalue weighted by molar-refractivity contribution is 1.79. The minimum absolute atomic E-state index is 0.764. The van der Waals surface area contributed by atoms with E-state index in [1.54, 1.807) is 0 Å². The SMILES string of the molecule is [CH2]CSN. The van der Waals surface area contributed by atoms with Gasteiger partial charge in [-0.05, 0) is 6.92 Å². The minimum atomic E-state index is 0.764. The Bertz CT molecular complexity index is 8.00. The van der Waals surface area contributed by atoms with Crippen molar-refractivity contribution < 1.29 is 0 Å². The summed E-state index contributed by atoms with van der Waals surface area (Å²) in [7, 11) is 0. The average molecular weight is 76.1 g/mol. The van der Waals surface area contributed by atoms with Crippen molar-refractivity contribution in [2.75, 3.05) is 5.75 Å². The molecule has 0 aliphatic rings. The quantitative estimate of drug-likeness (QED) is 0.458. The molecule has 2 N–H and O–H groups in total. The van der Waals surface area contributed by atoms with E-state index in [1.165, 1.54) is 11.9 Å². The Hall–Kier alpha value is 0.310. The molecule has 4 heavy (non-hydrogen) atoms. The highest BCUT2D eigenvalue weighted by Gasteiger charge is 1.55. The van der Waals surface area contributed by atoms with E-state index in [1.807, 2.05) is 0 Å². The van der Waals surface area contributed by atoms with Crippen LogP contribution in [0.4, 0.5) is 0 Å². The van der Waals surface area contributed by atoms with E-state index in [9.17, 15) is 0 Å². The van der Waals surface area contributed by atoms with Gasteiger partial charge in [0.15, 0.2) is 0 Å². The van der Waals surface area contributed by atoms with E-state index in [0.29, 0.717) is 0 Å². The van der Waals surface area contributed by atoms with Crippen molar-refractivity contribution in [1.29, 1.82) is 0 Å². The van der Waals surface area contributed by atoms with Crippen molar-refractivity contribution in [3.63, 3.8) is 0 Å². The summed E-state index contributed by atoms with van der Waals surface area (Å²) >= 11 is 1.25. The van der Waals surface area contributed by atoms with Gasteiger partial charge in [0.25, 0.3) is 0 Å². The second-order valence-corrected chi connectivity index (χ2v) is 1.11. The first-order valence-corrected chi connectivity index (χ1v) is 2.07. The van der Waals surface area contributed by atoms with E-state index >= 15 is 0 Å². The first kappa shape index (κ1) is 4.31. The molecule has 2 heteroatoms. The Morgan fingerprint density at radius 1 is 2.00 bits per heavy atom. The highest BCUT2D eigenvalue weighted by Crippen LogP contribution is 1.75. The zero-order valence-electron chi connectivity index (χ0n) is 2.40. The summed E-state index contributed by atoms with van der Waals surface area (Å²) in [5.74, 6) is 0.764. The fourth-order valence-corrected chi connectivity index (χ4v) is 0. The van der Waals surface area contributed by atoms with Gasteiger partial charge in [-0.2, -0.15) is 0 Å². The van der Waals surface area contributed by atoms with E-state index in [4.69, 9.17) is 5.14 Å². The molecule has 0 spiro atoms. The van der Waals surface area contributed by atoms with Crippen LogP contribution in [0.25, 0.3) is 0 Å². The van der Waals surface area contributed by atoms with Crippen LogP contribution in [-0.2, 0) is 0 Å². The highest BCUT2D eigenvalue weighted by atomic mass is 32.2. The molecule has 1 nitrogen and oxygen atoms in total. The van der Waals surface area contributed by atoms with Gasteiger partial charge in [-0.25, -0.2) is 0 Å². The molecule has 0 aromatic carbocycles. The van der Waals surface area contributed by atoms with Crippen molar-refractivity contribution in [1.82, 2.24) is 0 Å². The van der Waals surface area contributed by atoms with Gasteiger partial charge in [-0.15, -0.1) is 0 Å². The predicted octanol–water partition coefficient (Wildman–Crippen LogP) is 0.427. The molecule has 0 saturated carbocycles. The summed E-state index contributed by atoms with van der Waals surface area (Å²) in [6.07, 6.45) is 0. The second kappa shape index (κ2) is 3.31. The first-order chi connectivity index (χ1) is 1.91. The molecule has 0 rings (SSSR count). The Kier molecular flexibility index (Phi) is 3.57. The van der Waals surface area contributed by atoms with Gasteiger partial charge in [-0.1, -0.05) is 11.9 Å². The highest BCUT2D eigenvalue weighted by molar-refractivity contribution is 7.97. The van der Waals surface area contributed by atoms with Crippen LogP contribution in [0.2, 0.25) is 0 Å². The second-order valence-electron chi connectivity index (χ2n) is 0.371. The van der Waals surface area contributed by atoms with E-state index in [2.05, 4.69) is 6.92 Å². The maximum Gasteiger partial charge on any atom is 0.00767 e. The van der Waals surface area contributed by atoms with Crippen molar-refractivity contribution in [2.45, 2.75) is 0 Å². The Balaban J connectivity index is 1.97. The summed E-state index contributed by atoms with van der Waals surface area (Å²) in [5.41, 5.74) is 0. The number of hydrogen-bond donors (Lipinski definition) is 1. The Labute approximate surface area is 30.7 Å². The molecule has 0 heterocycles. The third-order valence-electron chi connectivity index (χ3n) is 0.118. The van der Waals surface area contributed by atoms with Crippen molar-refractivity contribution >= 4 is 11.9 Å². The third kappa shape index (κ3) is 2.31. The van der Waals surface area contributed by atoms with Crippen LogP contribution in [0.3, 0.4) is 0 Å². The monoisotopic (exact) mass is 76.0 g/mol. The van der Waals surface area contributed by atoms with Gasteiger partial charge in [0.05, 0.1) is 0 Å². The molecule has 0 bridgehead atoms. The molecule has 0 atom stereocenters. The van der Waals surface area contributed by atoms with E-state index < -0.39 is 0 Å². The number of rotatable bonds is 1. The van der Waals surface area contributed by atoms with Crippen molar-refractivity contribution in [3.8, 4) is 0 Å². The Morgan fingerprint density at radius 2 is 2.25 bits per heavy atom. The van der Waals surface area contributed by atoms with Gasteiger partial charge in [-0.3, -0.25) is 5.14 Å². The van der Waals surface area contributed by atoms with Gasteiger partial charge in [0.2, 0.25) is 0 Å². The van der Waals surface area contributed by atoms with Crippen LogP contribution >= 0.6 is 11.9 Å². The summed E-state index contributed by atoms with van der Waals surface area (Å²) < 4.78 is 0. The topological polar surface area (TPSA) is 26.0 Å². The Morgan fingerprint density at radius 3 is 2.25 bits per heavy atom. The molecule has 0 aliphatic heterocycles. The molecule has 1 radical (unpaired) electrons. The van der Waals surface area contributed by atoms with Gasteiger partial charge in [0.1, 0.15) is 0 Å². The summed E-state index contributed by atoms with van der Waals surface area (Å²) in [6, 6.07) is 0. The molecular weight excluding hydrogens is 70.1 g/mol. The number of nitrogens with two attached hydrogens (primary N) is 1. The maximum absolute atomic E-state index is 4.88. The summed E-state index contributed by atoms with van der Waals surface area (Å²) in [5, 5.41) is 4.88. The zero-order valence-corrected chi connectivity index (χ0v) is 3.22. The predicted molar refractivity (Wildman–Crippen MR) is 22.0 cm³/mol. The molecule has 0 amide bonds.